The summed E-state index contributed by atoms with van der Waals surface area (Å²) in [6.45, 7) is 1.26. The van der Waals surface area contributed by atoms with Crippen molar-refractivity contribution in [3.8, 4) is 0 Å². The van der Waals surface area contributed by atoms with Crippen LogP contribution in [0, 0.1) is 5.41 Å². The van der Waals surface area contributed by atoms with Crippen LogP contribution in [0.3, 0.4) is 0 Å². The zero-order valence-corrected chi connectivity index (χ0v) is 12.1. The zero-order valence-electron chi connectivity index (χ0n) is 12.1. The van der Waals surface area contributed by atoms with Crippen LogP contribution in [-0.4, -0.2) is 42.2 Å². The highest BCUT2D eigenvalue weighted by Crippen LogP contribution is 2.43. The molecule has 0 bridgehead atoms. The third-order valence-corrected chi connectivity index (χ3v) is 4.08. The number of carbonyl (C=O) groups excluding carboxylic acids is 1. The maximum absolute atomic E-state index is 12.1. The average Bonchev–Trinajstić information content (AvgIpc) is 2.45. The summed E-state index contributed by atoms with van der Waals surface area (Å²) >= 11 is 0. The first-order valence-electron chi connectivity index (χ1n) is 7.04. The SMILES string of the molecule is COCCC1(CNC(=O)c2cccc(C(=O)O)n2)CCC1. The van der Waals surface area contributed by atoms with Gasteiger partial charge in [-0.1, -0.05) is 12.5 Å². The Labute approximate surface area is 123 Å². The highest BCUT2D eigenvalue weighted by atomic mass is 16.5. The number of nitrogens with one attached hydrogen (secondary N) is 1. The molecule has 2 rings (SSSR count). The van der Waals surface area contributed by atoms with Crippen LogP contribution in [0.15, 0.2) is 18.2 Å². The van der Waals surface area contributed by atoms with E-state index in [1.807, 2.05) is 0 Å². The van der Waals surface area contributed by atoms with Crippen LogP contribution < -0.4 is 5.32 Å². The third-order valence-electron chi connectivity index (χ3n) is 4.08. The summed E-state index contributed by atoms with van der Waals surface area (Å²) in [5, 5.41) is 11.8. The Balaban J connectivity index is 1.95. The molecule has 1 fully saturated rings. The summed E-state index contributed by atoms with van der Waals surface area (Å²) in [7, 11) is 1.67. The summed E-state index contributed by atoms with van der Waals surface area (Å²) in [6, 6.07) is 4.41. The minimum absolute atomic E-state index is 0.121. The molecule has 0 aromatic carbocycles. The predicted molar refractivity (Wildman–Crippen MR) is 76.3 cm³/mol. The topological polar surface area (TPSA) is 88.5 Å². The lowest BCUT2D eigenvalue weighted by Crippen LogP contribution is -2.43. The maximum atomic E-state index is 12.1. The second-order valence-corrected chi connectivity index (χ2v) is 5.49. The molecule has 0 aliphatic heterocycles. The normalized spacial score (nSPS) is 16.0. The van der Waals surface area contributed by atoms with Crippen LogP contribution in [0.1, 0.15) is 46.7 Å². The summed E-state index contributed by atoms with van der Waals surface area (Å²) in [4.78, 5) is 26.8. The molecular formula is C15H20N2O4. The first kappa shape index (κ1) is 15.4. The number of pyridine rings is 1. The molecule has 1 saturated carbocycles. The lowest BCUT2D eigenvalue weighted by Gasteiger charge is -2.42. The quantitative estimate of drug-likeness (QED) is 0.798. The molecule has 1 aliphatic rings. The number of carboxylic acid groups (broad SMARTS) is 1. The van der Waals surface area contributed by atoms with Crippen LogP contribution in [0.5, 0.6) is 0 Å². The number of carbonyl (C=O) groups is 2. The fraction of sp³-hybridized carbons (Fsp3) is 0.533. The van der Waals surface area contributed by atoms with Crippen molar-refractivity contribution in [1.29, 1.82) is 0 Å². The van der Waals surface area contributed by atoms with E-state index in [0.29, 0.717) is 13.2 Å². The smallest absolute Gasteiger partial charge is 0.354 e. The fourth-order valence-electron chi connectivity index (χ4n) is 2.55. The highest BCUT2D eigenvalue weighted by molar-refractivity contribution is 5.94. The van der Waals surface area contributed by atoms with Crippen molar-refractivity contribution in [2.24, 2.45) is 5.41 Å². The minimum Gasteiger partial charge on any atom is -0.477 e. The first-order valence-corrected chi connectivity index (χ1v) is 7.04. The Hall–Kier alpha value is -1.95. The van der Waals surface area contributed by atoms with E-state index in [0.717, 1.165) is 19.3 Å². The van der Waals surface area contributed by atoms with Gasteiger partial charge in [0, 0.05) is 20.3 Å². The van der Waals surface area contributed by atoms with E-state index >= 15 is 0 Å². The Morgan fingerprint density at radius 3 is 2.67 bits per heavy atom. The molecule has 114 valence electrons. The number of rotatable bonds is 7. The molecule has 1 heterocycles. The highest BCUT2D eigenvalue weighted by Gasteiger charge is 2.36. The molecule has 1 aliphatic carbocycles. The van der Waals surface area contributed by atoms with E-state index in [2.05, 4.69) is 10.3 Å². The molecule has 21 heavy (non-hydrogen) atoms. The predicted octanol–water partition coefficient (Wildman–Crippen LogP) is 1.72. The molecule has 0 radical (unpaired) electrons. The molecule has 2 N–H and O–H groups in total. The van der Waals surface area contributed by atoms with Crippen LogP contribution in [0.2, 0.25) is 0 Å². The van der Waals surface area contributed by atoms with Gasteiger partial charge < -0.3 is 15.2 Å². The summed E-state index contributed by atoms with van der Waals surface area (Å²) in [5.41, 5.74) is 0.132. The van der Waals surface area contributed by atoms with Crippen molar-refractivity contribution in [2.75, 3.05) is 20.3 Å². The molecule has 0 spiro atoms. The van der Waals surface area contributed by atoms with Crippen LogP contribution in [-0.2, 0) is 4.74 Å². The van der Waals surface area contributed by atoms with Gasteiger partial charge in [0.1, 0.15) is 11.4 Å². The standard InChI is InChI=1S/C15H20N2O4/c1-21-9-8-15(6-3-7-15)10-16-13(18)11-4-2-5-12(17-11)14(19)20/h2,4-5H,3,6-10H2,1H3,(H,16,18)(H,19,20). The number of carboxylic acids is 1. The average molecular weight is 292 g/mol. The molecule has 1 aromatic heterocycles. The van der Waals surface area contributed by atoms with E-state index in [9.17, 15) is 9.59 Å². The van der Waals surface area contributed by atoms with E-state index < -0.39 is 5.97 Å². The van der Waals surface area contributed by atoms with E-state index in [4.69, 9.17) is 9.84 Å². The number of aromatic nitrogens is 1. The monoisotopic (exact) mass is 292 g/mol. The van der Waals surface area contributed by atoms with Gasteiger partial charge in [0.15, 0.2) is 0 Å². The number of amides is 1. The largest absolute Gasteiger partial charge is 0.477 e. The van der Waals surface area contributed by atoms with E-state index in [1.165, 1.54) is 24.6 Å². The van der Waals surface area contributed by atoms with Crippen molar-refractivity contribution in [2.45, 2.75) is 25.7 Å². The molecule has 1 aromatic rings. The van der Waals surface area contributed by atoms with Gasteiger partial charge in [0.2, 0.25) is 0 Å². The third kappa shape index (κ3) is 3.78. The summed E-state index contributed by atoms with van der Waals surface area (Å²) in [5.74, 6) is -1.47. The zero-order chi connectivity index (χ0) is 15.3. The van der Waals surface area contributed by atoms with Gasteiger partial charge in [-0.05, 0) is 36.8 Å². The summed E-state index contributed by atoms with van der Waals surface area (Å²) < 4.78 is 5.12. The van der Waals surface area contributed by atoms with Crippen molar-refractivity contribution in [1.82, 2.24) is 10.3 Å². The van der Waals surface area contributed by atoms with E-state index in [-0.39, 0.29) is 22.7 Å². The minimum atomic E-state index is -1.14. The number of hydrogen-bond acceptors (Lipinski definition) is 4. The van der Waals surface area contributed by atoms with E-state index in [1.54, 1.807) is 7.11 Å². The lowest BCUT2D eigenvalue weighted by molar-refractivity contribution is 0.0629. The molecule has 1 amide bonds. The van der Waals surface area contributed by atoms with Crippen LogP contribution in [0.25, 0.3) is 0 Å². The number of aromatic carboxylic acids is 1. The van der Waals surface area contributed by atoms with Gasteiger partial charge in [-0.25, -0.2) is 9.78 Å². The molecule has 0 atom stereocenters. The van der Waals surface area contributed by atoms with Gasteiger partial charge in [-0.15, -0.1) is 0 Å². The second-order valence-electron chi connectivity index (χ2n) is 5.49. The molecular weight excluding hydrogens is 272 g/mol. The van der Waals surface area contributed by atoms with Crippen molar-refractivity contribution < 1.29 is 19.4 Å². The Morgan fingerprint density at radius 2 is 2.10 bits per heavy atom. The fourth-order valence-corrected chi connectivity index (χ4v) is 2.55. The van der Waals surface area contributed by atoms with Gasteiger partial charge >= 0.3 is 5.97 Å². The second kappa shape index (κ2) is 6.67. The van der Waals surface area contributed by atoms with Crippen LogP contribution >= 0.6 is 0 Å². The number of methoxy groups -OCH3 is 1. The van der Waals surface area contributed by atoms with Gasteiger partial charge in [-0.2, -0.15) is 0 Å². The van der Waals surface area contributed by atoms with Gasteiger partial charge in [0.25, 0.3) is 5.91 Å². The molecule has 6 nitrogen and oxygen atoms in total. The van der Waals surface area contributed by atoms with Gasteiger partial charge in [0.05, 0.1) is 0 Å². The lowest BCUT2D eigenvalue weighted by atomic mass is 9.67. The Bertz CT molecular complexity index is 526. The number of nitrogens with zero attached hydrogens (tertiary/aromatic N) is 1. The Kier molecular flexibility index (Phi) is 4.90. The molecule has 6 heteroatoms. The number of hydrogen-bond donors (Lipinski definition) is 2. The number of ether oxygens (including phenoxy) is 1. The van der Waals surface area contributed by atoms with Crippen molar-refractivity contribution >= 4 is 11.9 Å². The van der Waals surface area contributed by atoms with Gasteiger partial charge in [-0.3, -0.25) is 4.79 Å². The van der Waals surface area contributed by atoms with Crippen molar-refractivity contribution in [3.63, 3.8) is 0 Å². The maximum Gasteiger partial charge on any atom is 0.354 e. The first-order chi connectivity index (χ1) is 10.1. The van der Waals surface area contributed by atoms with Crippen molar-refractivity contribution in [3.05, 3.63) is 29.6 Å². The van der Waals surface area contributed by atoms with Crippen LogP contribution in [0.4, 0.5) is 0 Å². The molecule has 0 saturated heterocycles. The Morgan fingerprint density at radius 1 is 1.38 bits per heavy atom. The summed E-state index contributed by atoms with van der Waals surface area (Å²) in [6.07, 6.45) is 4.26. The molecule has 0 unspecified atom stereocenters.